The molecular formula is C22H25NO6. The molecule has 1 amide bonds. The summed E-state index contributed by atoms with van der Waals surface area (Å²) >= 11 is 0. The minimum atomic E-state index is -1.06. The summed E-state index contributed by atoms with van der Waals surface area (Å²) < 4.78 is 10.9. The lowest BCUT2D eigenvalue weighted by atomic mass is 10.00. The number of fused-ring (bicyclic) bond motifs is 2. The van der Waals surface area contributed by atoms with Gasteiger partial charge in [0.2, 0.25) is 5.91 Å². The number of benzene rings is 1. The number of carboxylic acid groups (broad SMARTS) is 1. The molecule has 29 heavy (non-hydrogen) atoms. The quantitative estimate of drug-likeness (QED) is 0.586. The van der Waals surface area contributed by atoms with E-state index in [1.165, 1.54) is 0 Å². The first-order chi connectivity index (χ1) is 13.7. The van der Waals surface area contributed by atoms with Crippen LogP contribution in [0.1, 0.15) is 43.4 Å². The Bertz CT molecular complexity index is 1140. The van der Waals surface area contributed by atoms with Gasteiger partial charge in [0.05, 0.1) is 6.26 Å². The molecule has 7 nitrogen and oxygen atoms in total. The van der Waals surface area contributed by atoms with E-state index < -0.39 is 23.5 Å². The molecule has 0 saturated heterocycles. The monoisotopic (exact) mass is 399 g/mol. The highest BCUT2D eigenvalue weighted by atomic mass is 16.4. The lowest BCUT2D eigenvalue weighted by molar-refractivity contribution is -0.142. The van der Waals surface area contributed by atoms with Gasteiger partial charge in [-0.3, -0.25) is 4.79 Å². The van der Waals surface area contributed by atoms with Crippen molar-refractivity contribution in [1.29, 1.82) is 0 Å². The molecule has 0 aliphatic rings. The fourth-order valence-electron chi connectivity index (χ4n) is 3.52. The van der Waals surface area contributed by atoms with Crippen LogP contribution in [0.4, 0.5) is 0 Å². The Hall–Kier alpha value is -3.09. The average Bonchev–Trinajstić information content (AvgIpc) is 2.99. The van der Waals surface area contributed by atoms with Gasteiger partial charge in [-0.05, 0) is 49.8 Å². The summed E-state index contributed by atoms with van der Waals surface area (Å²) in [4.78, 5) is 36.0. The standard InChI is InChI=1S/C22H25NO6/c1-11(2)7-17(21(25)26)23-20(24)6-5-14-13(4)16-8-15-12(3)10-28-18(15)9-19(16)29-22(14)27/h8-11,17H,5-7H2,1-4H3,(H,23,24)(H,25,26). The predicted molar refractivity (Wildman–Crippen MR) is 109 cm³/mol. The first-order valence-corrected chi connectivity index (χ1v) is 9.63. The number of carbonyl (C=O) groups is 2. The van der Waals surface area contributed by atoms with Crippen LogP contribution in [-0.4, -0.2) is 23.0 Å². The van der Waals surface area contributed by atoms with Crippen LogP contribution in [0.3, 0.4) is 0 Å². The zero-order chi connectivity index (χ0) is 21.3. The van der Waals surface area contributed by atoms with Crippen molar-refractivity contribution in [3.63, 3.8) is 0 Å². The molecule has 0 aliphatic heterocycles. The highest BCUT2D eigenvalue weighted by Crippen LogP contribution is 2.29. The van der Waals surface area contributed by atoms with Gasteiger partial charge in [0.1, 0.15) is 17.2 Å². The van der Waals surface area contributed by atoms with Crippen molar-refractivity contribution in [3.8, 4) is 0 Å². The maximum atomic E-state index is 12.5. The molecule has 3 rings (SSSR count). The molecular weight excluding hydrogens is 374 g/mol. The first-order valence-electron chi connectivity index (χ1n) is 9.63. The third-order valence-electron chi connectivity index (χ3n) is 5.12. The van der Waals surface area contributed by atoms with Crippen LogP contribution in [0, 0.1) is 19.8 Å². The van der Waals surface area contributed by atoms with Crippen LogP contribution < -0.4 is 10.9 Å². The molecule has 2 aromatic heterocycles. The summed E-state index contributed by atoms with van der Waals surface area (Å²) in [5.74, 6) is -1.33. The smallest absolute Gasteiger partial charge is 0.339 e. The summed E-state index contributed by atoms with van der Waals surface area (Å²) in [5, 5.41) is 13.5. The summed E-state index contributed by atoms with van der Waals surface area (Å²) in [6, 6.07) is 2.69. The minimum absolute atomic E-state index is 0.00592. The Morgan fingerprint density at radius 3 is 2.52 bits per heavy atom. The molecule has 7 heteroatoms. The minimum Gasteiger partial charge on any atom is -0.480 e. The predicted octanol–water partition coefficient (Wildman–Crippen LogP) is 3.70. The van der Waals surface area contributed by atoms with Gasteiger partial charge in [-0.1, -0.05) is 13.8 Å². The second-order valence-electron chi connectivity index (χ2n) is 7.84. The largest absolute Gasteiger partial charge is 0.480 e. The fraction of sp³-hybridized carbons (Fsp3) is 0.409. The number of nitrogens with one attached hydrogen (secondary N) is 1. The topological polar surface area (TPSA) is 110 Å². The molecule has 1 unspecified atom stereocenters. The van der Waals surface area contributed by atoms with Crippen molar-refractivity contribution in [2.24, 2.45) is 5.92 Å². The van der Waals surface area contributed by atoms with Crippen molar-refractivity contribution in [3.05, 3.63) is 45.5 Å². The molecule has 0 saturated carbocycles. The van der Waals surface area contributed by atoms with Crippen LogP contribution in [-0.2, 0) is 16.0 Å². The van der Waals surface area contributed by atoms with E-state index in [0.717, 1.165) is 21.9 Å². The van der Waals surface area contributed by atoms with Gasteiger partial charge in [0, 0.05) is 28.8 Å². The molecule has 1 atom stereocenters. The van der Waals surface area contributed by atoms with Crippen LogP contribution >= 0.6 is 0 Å². The molecule has 0 fully saturated rings. The van der Waals surface area contributed by atoms with E-state index in [9.17, 15) is 19.5 Å². The third-order valence-corrected chi connectivity index (χ3v) is 5.12. The number of carboxylic acids is 1. The zero-order valence-electron chi connectivity index (χ0n) is 17.0. The van der Waals surface area contributed by atoms with Gasteiger partial charge in [-0.2, -0.15) is 0 Å². The van der Waals surface area contributed by atoms with Gasteiger partial charge < -0.3 is 19.3 Å². The van der Waals surface area contributed by atoms with Crippen LogP contribution in [0.25, 0.3) is 21.9 Å². The van der Waals surface area contributed by atoms with Gasteiger partial charge >= 0.3 is 11.6 Å². The number of aliphatic carboxylic acids is 1. The van der Waals surface area contributed by atoms with Crippen LogP contribution in [0.2, 0.25) is 0 Å². The van der Waals surface area contributed by atoms with Gasteiger partial charge in [0.15, 0.2) is 0 Å². The number of rotatable bonds is 7. The molecule has 1 aromatic carbocycles. The lowest BCUT2D eigenvalue weighted by Crippen LogP contribution is -2.41. The fourth-order valence-corrected chi connectivity index (χ4v) is 3.52. The molecule has 0 aliphatic carbocycles. The van der Waals surface area contributed by atoms with E-state index >= 15 is 0 Å². The molecule has 0 bridgehead atoms. The van der Waals surface area contributed by atoms with E-state index in [-0.39, 0.29) is 18.8 Å². The average molecular weight is 399 g/mol. The summed E-state index contributed by atoms with van der Waals surface area (Å²) in [6.07, 6.45) is 2.18. The summed E-state index contributed by atoms with van der Waals surface area (Å²) in [6.45, 7) is 7.55. The van der Waals surface area contributed by atoms with Crippen molar-refractivity contribution >= 4 is 33.8 Å². The van der Waals surface area contributed by atoms with E-state index in [1.807, 2.05) is 33.8 Å². The normalized spacial score (nSPS) is 12.6. The lowest BCUT2D eigenvalue weighted by Gasteiger charge is -2.16. The summed E-state index contributed by atoms with van der Waals surface area (Å²) in [5.41, 5.74) is 2.74. The second kappa shape index (κ2) is 8.11. The van der Waals surface area contributed by atoms with Crippen molar-refractivity contribution in [2.45, 2.75) is 53.0 Å². The SMILES string of the molecule is Cc1coc2cc3oc(=O)c(CCC(=O)NC(CC(C)C)C(=O)O)c(C)c3cc12. The maximum absolute atomic E-state index is 12.5. The number of hydrogen-bond donors (Lipinski definition) is 2. The van der Waals surface area contributed by atoms with E-state index in [4.69, 9.17) is 8.83 Å². The highest BCUT2D eigenvalue weighted by molar-refractivity contribution is 5.96. The molecule has 0 radical (unpaired) electrons. The maximum Gasteiger partial charge on any atom is 0.339 e. The number of amides is 1. The first kappa shape index (κ1) is 20.6. The summed E-state index contributed by atoms with van der Waals surface area (Å²) in [7, 11) is 0. The molecule has 154 valence electrons. The van der Waals surface area contributed by atoms with Crippen molar-refractivity contribution in [2.75, 3.05) is 0 Å². The second-order valence-corrected chi connectivity index (χ2v) is 7.84. The Balaban J connectivity index is 1.83. The van der Waals surface area contributed by atoms with E-state index in [0.29, 0.717) is 23.2 Å². The van der Waals surface area contributed by atoms with Crippen LogP contribution in [0.15, 0.2) is 32.0 Å². The third kappa shape index (κ3) is 4.34. The number of aryl methyl sites for hydroxylation is 2. The van der Waals surface area contributed by atoms with E-state index in [2.05, 4.69) is 5.32 Å². The van der Waals surface area contributed by atoms with E-state index in [1.54, 1.807) is 12.3 Å². The van der Waals surface area contributed by atoms with Crippen LogP contribution in [0.5, 0.6) is 0 Å². The van der Waals surface area contributed by atoms with Gasteiger partial charge in [-0.25, -0.2) is 9.59 Å². The zero-order valence-corrected chi connectivity index (χ0v) is 17.0. The van der Waals surface area contributed by atoms with Crippen molar-refractivity contribution in [1.82, 2.24) is 5.32 Å². The molecule has 2 heterocycles. The Morgan fingerprint density at radius 1 is 1.14 bits per heavy atom. The molecule has 0 spiro atoms. The van der Waals surface area contributed by atoms with Gasteiger partial charge in [-0.15, -0.1) is 0 Å². The number of furan rings is 1. The Labute approximate surface area is 167 Å². The molecule has 2 N–H and O–H groups in total. The Morgan fingerprint density at radius 2 is 1.86 bits per heavy atom. The number of hydrogen-bond acceptors (Lipinski definition) is 5. The molecule has 3 aromatic rings. The highest BCUT2D eigenvalue weighted by Gasteiger charge is 2.22. The Kier molecular flexibility index (Phi) is 5.77. The van der Waals surface area contributed by atoms with Crippen molar-refractivity contribution < 1.29 is 23.5 Å². The number of carbonyl (C=O) groups excluding carboxylic acids is 1. The van der Waals surface area contributed by atoms with Gasteiger partial charge in [0.25, 0.3) is 0 Å².